The van der Waals surface area contributed by atoms with Crippen LogP contribution in [0.15, 0.2) is 51.2 Å². The maximum absolute atomic E-state index is 6.16. The molecule has 0 atom stereocenters. The first kappa shape index (κ1) is 13.4. The van der Waals surface area contributed by atoms with Gasteiger partial charge in [0.25, 0.3) is 0 Å². The zero-order valence-electron chi connectivity index (χ0n) is 10.7. The van der Waals surface area contributed by atoms with Gasteiger partial charge < -0.3 is 9.32 Å². The first-order valence-corrected chi connectivity index (χ1v) is 6.11. The van der Waals surface area contributed by atoms with Crippen molar-refractivity contribution in [3.05, 3.63) is 52.9 Å². The Morgan fingerprint density at radius 3 is 2.58 bits per heavy atom. The lowest BCUT2D eigenvalue weighted by Gasteiger charge is -2.12. The quantitative estimate of drug-likeness (QED) is 0.633. The van der Waals surface area contributed by atoms with Gasteiger partial charge in [0.15, 0.2) is 0 Å². The van der Waals surface area contributed by atoms with E-state index in [4.69, 9.17) is 16.0 Å². The van der Waals surface area contributed by atoms with Crippen molar-refractivity contribution in [2.75, 3.05) is 19.0 Å². The van der Waals surface area contributed by atoms with Crippen LogP contribution >= 0.6 is 11.6 Å². The Balaban J connectivity index is 2.07. The van der Waals surface area contributed by atoms with Crippen LogP contribution in [0.3, 0.4) is 0 Å². The fraction of sp³-hybridized carbons (Fsp3) is 0.143. The minimum absolute atomic E-state index is 0.642. The van der Waals surface area contributed by atoms with Gasteiger partial charge >= 0.3 is 0 Å². The first-order valence-electron chi connectivity index (χ1n) is 5.73. The van der Waals surface area contributed by atoms with E-state index in [1.165, 1.54) is 0 Å². The number of halogens is 1. The monoisotopic (exact) mass is 275 g/mol. The van der Waals surface area contributed by atoms with Gasteiger partial charge in [0, 0.05) is 25.3 Å². The highest BCUT2D eigenvalue weighted by Gasteiger charge is 2.00. The molecule has 0 N–H and O–H groups in total. The minimum atomic E-state index is 0.642. The average Bonchev–Trinajstić information content (AvgIpc) is 2.89. The van der Waals surface area contributed by atoms with Crippen molar-refractivity contribution < 1.29 is 4.42 Å². The summed E-state index contributed by atoms with van der Waals surface area (Å²) in [5.74, 6) is 0.659. The van der Waals surface area contributed by atoms with Crippen molar-refractivity contribution in [1.82, 2.24) is 0 Å². The molecule has 2 aromatic rings. The molecular formula is C14H14ClN3O. The molecule has 0 spiro atoms. The molecule has 19 heavy (non-hydrogen) atoms. The van der Waals surface area contributed by atoms with Crippen LogP contribution in [0.25, 0.3) is 0 Å². The highest BCUT2D eigenvalue weighted by molar-refractivity contribution is 6.33. The highest BCUT2D eigenvalue weighted by atomic mass is 35.5. The van der Waals surface area contributed by atoms with Gasteiger partial charge in [-0.25, -0.2) is 0 Å². The summed E-state index contributed by atoms with van der Waals surface area (Å²) in [5.41, 5.74) is 1.87. The molecular weight excluding hydrogens is 262 g/mol. The van der Waals surface area contributed by atoms with Crippen LogP contribution in [0, 0.1) is 0 Å². The molecule has 0 aliphatic carbocycles. The van der Waals surface area contributed by atoms with Gasteiger partial charge in [0.05, 0.1) is 23.7 Å². The molecule has 5 heteroatoms. The fourth-order valence-corrected chi connectivity index (χ4v) is 1.67. The maximum Gasteiger partial charge on any atom is 0.146 e. The summed E-state index contributed by atoms with van der Waals surface area (Å²) in [4.78, 5) is 1.99. The van der Waals surface area contributed by atoms with Crippen LogP contribution in [0.1, 0.15) is 11.3 Å². The Kier molecular flexibility index (Phi) is 4.36. The van der Waals surface area contributed by atoms with Crippen molar-refractivity contribution in [3.63, 3.8) is 0 Å². The number of furan rings is 1. The number of benzene rings is 1. The molecule has 0 saturated heterocycles. The molecule has 0 fully saturated rings. The molecule has 0 aliphatic heterocycles. The SMILES string of the molecule is CN(C)c1ccc(/C=N\N=C\c2ccco2)c(Cl)c1. The van der Waals surface area contributed by atoms with Crippen molar-refractivity contribution in [2.45, 2.75) is 0 Å². The summed E-state index contributed by atoms with van der Waals surface area (Å²) in [6.45, 7) is 0. The van der Waals surface area contributed by atoms with Crippen molar-refractivity contribution in [2.24, 2.45) is 10.2 Å². The summed E-state index contributed by atoms with van der Waals surface area (Å²) in [6, 6.07) is 9.37. The van der Waals surface area contributed by atoms with Gasteiger partial charge in [0.1, 0.15) is 5.76 Å². The third-order valence-electron chi connectivity index (χ3n) is 2.49. The maximum atomic E-state index is 6.16. The van der Waals surface area contributed by atoms with E-state index in [9.17, 15) is 0 Å². The first-order chi connectivity index (χ1) is 9.16. The van der Waals surface area contributed by atoms with E-state index in [0.717, 1.165) is 11.3 Å². The molecule has 1 aromatic carbocycles. The van der Waals surface area contributed by atoms with E-state index < -0.39 is 0 Å². The van der Waals surface area contributed by atoms with E-state index in [0.29, 0.717) is 10.8 Å². The lowest BCUT2D eigenvalue weighted by Crippen LogP contribution is -2.08. The average molecular weight is 276 g/mol. The summed E-state index contributed by atoms with van der Waals surface area (Å²) in [5, 5.41) is 8.47. The molecule has 0 radical (unpaired) electrons. The van der Waals surface area contributed by atoms with Crippen LogP contribution in [0.4, 0.5) is 5.69 Å². The molecule has 2 rings (SSSR count). The lowest BCUT2D eigenvalue weighted by atomic mass is 10.2. The van der Waals surface area contributed by atoms with Crippen LogP contribution < -0.4 is 4.90 Å². The Hall–Kier alpha value is -2.07. The van der Waals surface area contributed by atoms with Crippen molar-refractivity contribution >= 4 is 29.7 Å². The molecule has 0 saturated carbocycles. The Labute approximate surface area is 117 Å². The minimum Gasteiger partial charge on any atom is -0.463 e. The third kappa shape index (κ3) is 3.69. The normalized spacial score (nSPS) is 11.5. The highest BCUT2D eigenvalue weighted by Crippen LogP contribution is 2.21. The van der Waals surface area contributed by atoms with Gasteiger partial charge in [-0.05, 0) is 30.3 Å². The molecule has 98 valence electrons. The molecule has 1 heterocycles. The van der Waals surface area contributed by atoms with Crippen LogP contribution in [0.5, 0.6) is 0 Å². The number of rotatable bonds is 4. The Bertz CT molecular complexity index is 589. The second-order valence-corrected chi connectivity index (χ2v) is 4.51. The third-order valence-corrected chi connectivity index (χ3v) is 2.82. The zero-order valence-corrected chi connectivity index (χ0v) is 11.5. The molecule has 0 bridgehead atoms. The Morgan fingerprint density at radius 2 is 1.95 bits per heavy atom. The number of hydrogen-bond acceptors (Lipinski definition) is 4. The van der Waals surface area contributed by atoms with E-state index in [1.807, 2.05) is 37.2 Å². The van der Waals surface area contributed by atoms with Gasteiger partial charge in [-0.15, -0.1) is 0 Å². The summed E-state index contributed by atoms with van der Waals surface area (Å²) in [6.07, 6.45) is 4.74. The fourth-order valence-electron chi connectivity index (χ4n) is 1.45. The summed E-state index contributed by atoms with van der Waals surface area (Å²) >= 11 is 6.16. The molecule has 0 aliphatic rings. The van der Waals surface area contributed by atoms with Gasteiger partial charge in [-0.1, -0.05) is 11.6 Å². The predicted octanol–water partition coefficient (Wildman–Crippen LogP) is 3.45. The number of anilines is 1. The van der Waals surface area contributed by atoms with Crippen LogP contribution in [0.2, 0.25) is 5.02 Å². The summed E-state index contributed by atoms with van der Waals surface area (Å²) in [7, 11) is 3.93. The van der Waals surface area contributed by atoms with E-state index >= 15 is 0 Å². The molecule has 4 nitrogen and oxygen atoms in total. The van der Waals surface area contributed by atoms with E-state index in [-0.39, 0.29) is 0 Å². The lowest BCUT2D eigenvalue weighted by molar-refractivity contribution is 0.560. The van der Waals surface area contributed by atoms with Crippen LogP contribution in [-0.4, -0.2) is 26.5 Å². The van der Waals surface area contributed by atoms with Gasteiger partial charge in [-0.3, -0.25) is 0 Å². The predicted molar refractivity (Wildman–Crippen MR) is 79.7 cm³/mol. The van der Waals surface area contributed by atoms with E-state index in [1.54, 1.807) is 30.8 Å². The van der Waals surface area contributed by atoms with E-state index in [2.05, 4.69) is 10.2 Å². The topological polar surface area (TPSA) is 41.1 Å². The molecule has 1 aromatic heterocycles. The molecule has 0 unspecified atom stereocenters. The zero-order chi connectivity index (χ0) is 13.7. The second kappa shape index (κ2) is 6.20. The molecule has 0 amide bonds. The van der Waals surface area contributed by atoms with Gasteiger partial charge in [-0.2, -0.15) is 10.2 Å². The van der Waals surface area contributed by atoms with Crippen LogP contribution in [-0.2, 0) is 0 Å². The standard InChI is InChI=1S/C14H14ClN3O/c1-18(2)12-6-5-11(14(15)8-12)9-16-17-10-13-4-3-7-19-13/h3-10H,1-2H3/b16-9-,17-10+. The summed E-state index contributed by atoms with van der Waals surface area (Å²) < 4.78 is 5.10. The number of nitrogens with zero attached hydrogens (tertiary/aromatic N) is 3. The van der Waals surface area contributed by atoms with Crippen molar-refractivity contribution in [3.8, 4) is 0 Å². The largest absolute Gasteiger partial charge is 0.463 e. The Morgan fingerprint density at radius 1 is 1.16 bits per heavy atom. The van der Waals surface area contributed by atoms with Crippen molar-refractivity contribution in [1.29, 1.82) is 0 Å². The van der Waals surface area contributed by atoms with Gasteiger partial charge in [0.2, 0.25) is 0 Å². The second-order valence-electron chi connectivity index (χ2n) is 4.10. The smallest absolute Gasteiger partial charge is 0.146 e. The number of hydrogen-bond donors (Lipinski definition) is 0.